The lowest BCUT2D eigenvalue weighted by atomic mass is 10.0. The third kappa shape index (κ3) is 2.77. The third-order valence-electron chi connectivity index (χ3n) is 4.39. The summed E-state index contributed by atoms with van der Waals surface area (Å²) in [6.07, 6.45) is -0.874. The molecule has 3 aromatic rings. The summed E-state index contributed by atoms with van der Waals surface area (Å²) in [5.41, 5.74) is 0.893. The monoisotopic (exact) mass is 341 g/mol. The molecule has 124 valence electrons. The number of piperidine rings is 1. The van der Waals surface area contributed by atoms with Crippen LogP contribution in [-0.4, -0.2) is 45.5 Å². The second kappa shape index (κ2) is 6.12. The molecule has 1 aromatic carbocycles. The minimum atomic E-state index is -0.750. The molecule has 0 bridgehead atoms. The first-order chi connectivity index (χ1) is 11.6. The first-order valence-corrected chi connectivity index (χ1v) is 8.88. The minimum Gasteiger partial charge on any atom is -0.390 e. The third-order valence-corrected chi connectivity index (χ3v) is 5.39. The maximum atomic E-state index is 10.0. The van der Waals surface area contributed by atoms with Crippen LogP contribution >= 0.6 is 11.3 Å². The molecule has 5 nitrogen and oxygen atoms in total. The maximum absolute atomic E-state index is 10.0. The lowest BCUT2D eigenvalue weighted by Gasteiger charge is -2.34. The Kier molecular flexibility index (Phi) is 3.96. The predicted molar refractivity (Wildman–Crippen MR) is 96.4 cm³/mol. The Morgan fingerprint density at radius 3 is 2.67 bits per heavy atom. The van der Waals surface area contributed by atoms with E-state index in [0.29, 0.717) is 25.3 Å². The highest BCUT2D eigenvalue weighted by Crippen LogP contribution is 2.32. The van der Waals surface area contributed by atoms with Gasteiger partial charge in [-0.25, -0.2) is 9.97 Å². The van der Waals surface area contributed by atoms with Gasteiger partial charge in [-0.3, -0.25) is 0 Å². The molecule has 1 fully saturated rings. The van der Waals surface area contributed by atoms with E-state index in [2.05, 4.69) is 13.0 Å². The van der Waals surface area contributed by atoms with Gasteiger partial charge >= 0.3 is 0 Å². The smallest absolute Gasteiger partial charge is 0.172 e. The van der Waals surface area contributed by atoms with Gasteiger partial charge in [-0.15, -0.1) is 11.3 Å². The van der Waals surface area contributed by atoms with Gasteiger partial charge in [0.1, 0.15) is 5.82 Å². The van der Waals surface area contributed by atoms with E-state index in [4.69, 9.17) is 9.97 Å². The number of aromatic nitrogens is 2. The lowest BCUT2D eigenvalue weighted by molar-refractivity contribution is 0.00792. The Morgan fingerprint density at radius 1 is 1.08 bits per heavy atom. The molecule has 1 aliphatic rings. The lowest BCUT2D eigenvalue weighted by Crippen LogP contribution is -2.47. The molecular weight excluding hydrogens is 322 g/mol. The topological polar surface area (TPSA) is 69.5 Å². The summed E-state index contributed by atoms with van der Waals surface area (Å²) < 4.78 is 0. The van der Waals surface area contributed by atoms with Crippen molar-refractivity contribution in [2.45, 2.75) is 25.6 Å². The highest BCUT2D eigenvalue weighted by molar-refractivity contribution is 7.15. The van der Waals surface area contributed by atoms with Crippen molar-refractivity contribution >= 4 is 28.1 Å². The van der Waals surface area contributed by atoms with Gasteiger partial charge in [0.05, 0.1) is 22.6 Å². The number of aliphatic hydroxyl groups excluding tert-OH is 2. The Morgan fingerprint density at radius 2 is 1.92 bits per heavy atom. The van der Waals surface area contributed by atoms with Gasteiger partial charge in [0.15, 0.2) is 5.82 Å². The van der Waals surface area contributed by atoms with Crippen molar-refractivity contribution in [3.05, 3.63) is 41.3 Å². The molecule has 2 aromatic heterocycles. The van der Waals surface area contributed by atoms with E-state index in [1.165, 1.54) is 4.88 Å². The van der Waals surface area contributed by atoms with Crippen LogP contribution < -0.4 is 4.90 Å². The van der Waals surface area contributed by atoms with Crippen LogP contribution in [0, 0.1) is 6.92 Å². The quantitative estimate of drug-likeness (QED) is 0.750. The molecule has 24 heavy (non-hydrogen) atoms. The zero-order valence-corrected chi connectivity index (χ0v) is 14.2. The van der Waals surface area contributed by atoms with Crippen LogP contribution in [0.1, 0.15) is 11.3 Å². The van der Waals surface area contributed by atoms with Crippen LogP contribution in [0.4, 0.5) is 5.82 Å². The number of nitrogens with zero attached hydrogens (tertiary/aromatic N) is 3. The summed E-state index contributed by atoms with van der Waals surface area (Å²) in [6.45, 7) is 3.12. The van der Waals surface area contributed by atoms with E-state index in [1.54, 1.807) is 11.3 Å². The fraction of sp³-hybridized carbons (Fsp3) is 0.333. The van der Waals surface area contributed by atoms with Crippen LogP contribution in [0.5, 0.6) is 0 Å². The summed E-state index contributed by atoms with van der Waals surface area (Å²) in [7, 11) is 0. The summed E-state index contributed by atoms with van der Waals surface area (Å²) in [4.78, 5) is 13.8. The number of fused-ring (bicyclic) bond motifs is 1. The van der Waals surface area contributed by atoms with Crippen molar-refractivity contribution in [1.82, 2.24) is 9.97 Å². The van der Waals surface area contributed by atoms with Gasteiger partial charge in [-0.05, 0) is 37.6 Å². The summed E-state index contributed by atoms with van der Waals surface area (Å²) >= 11 is 1.67. The van der Waals surface area contributed by atoms with Crippen LogP contribution in [0.2, 0.25) is 0 Å². The number of anilines is 1. The Bertz CT molecular complexity index is 880. The molecule has 2 N–H and O–H groups in total. The standard InChI is InChI=1S/C18H19N3O2S/c1-11-6-7-16(24-11)17-19-13-5-3-2-4-12(13)18(20-17)21-9-8-14(22)15(23)10-21/h2-7,14-15,22-23H,8-10H2,1H3/t14-,15+/m1/s1. The second-order valence-electron chi connectivity index (χ2n) is 6.17. The second-order valence-corrected chi connectivity index (χ2v) is 7.46. The summed E-state index contributed by atoms with van der Waals surface area (Å²) in [6, 6.07) is 12.0. The number of β-amino-alcohol motifs (C(OH)–C–C–N with tert-alkyl or cyclic N) is 1. The maximum Gasteiger partial charge on any atom is 0.172 e. The van der Waals surface area contributed by atoms with E-state index < -0.39 is 12.2 Å². The summed E-state index contributed by atoms with van der Waals surface area (Å²) in [5, 5.41) is 20.8. The van der Waals surface area contributed by atoms with Gasteiger partial charge in [0, 0.05) is 23.4 Å². The Balaban J connectivity index is 1.84. The van der Waals surface area contributed by atoms with Gasteiger partial charge in [0.2, 0.25) is 0 Å². The number of thiophene rings is 1. The molecule has 2 atom stereocenters. The fourth-order valence-corrected chi connectivity index (χ4v) is 3.88. The van der Waals surface area contributed by atoms with Crippen LogP contribution in [0.3, 0.4) is 0 Å². The molecule has 4 rings (SSSR count). The molecule has 1 aliphatic heterocycles. The van der Waals surface area contributed by atoms with E-state index in [1.807, 2.05) is 35.2 Å². The molecule has 6 heteroatoms. The molecule has 0 amide bonds. The van der Waals surface area contributed by atoms with E-state index >= 15 is 0 Å². The van der Waals surface area contributed by atoms with Gasteiger partial charge in [0.25, 0.3) is 0 Å². The van der Waals surface area contributed by atoms with Crippen molar-refractivity contribution in [1.29, 1.82) is 0 Å². The highest BCUT2D eigenvalue weighted by atomic mass is 32.1. The zero-order chi connectivity index (χ0) is 16.7. The Hall–Kier alpha value is -2.02. The van der Waals surface area contributed by atoms with Crippen molar-refractivity contribution < 1.29 is 10.2 Å². The number of rotatable bonds is 2. The number of hydrogen-bond acceptors (Lipinski definition) is 6. The molecule has 0 aliphatic carbocycles. The van der Waals surface area contributed by atoms with Crippen molar-refractivity contribution in [2.24, 2.45) is 0 Å². The van der Waals surface area contributed by atoms with E-state index in [0.717, 1.165) is 21.6 Å². The number of para-hydroxylation sites is 1. The van der Waals surface area contributed by atoms with E-state index in [9.17, 15) is 10.2 Å². The Labute approximate surface area is 144 Å². The number of hydrogen-bond donors (Lipinski definition) is 2. The van der Waals surface area contributed by atoms with Crippen molar-refractivity contribution in [2.75, 3.05) is 18.0 Å². The van der Waals surface area contributed by atoms with E-state index in [-0.39, 0.29) is 0 Å². The molecule has 3 heterocycles. The predicted octanol–water partition coefficient (Wildman–Crippen LogP) is 2.60. The van der Waals surface area contributed by atoms with Gasteiger partial charge in [-0.2, -0.15) is 0 Å². The average Bonchev–Trinajstić information content (AvgIpc) is 3.03. The summed E-state index contributed by atoms with van der Waals surface area (Å²) in [5.74, 6) is 1.54. The van der Waals surface area contributed by atoms with Crippen molar-refractivity contribution in [3.63, 3.8) is 0 Å². The minimum absolute atomic E-state index is 0.380. The SMILES string of the molecule is Cc1ccc(-c2nc(N3CC[C@@H](O)[C@@H](O)C3)c3ccccc3n2)s1. The first kappa shape index (κ1) is 15.5. The fourth-order valence-electron chi connectivity index (χ4n) is 3.08. The highest BCUT2D eigenvalue weighted by Gasteiger charge is 2.28. The molecule has 0 unspecified atom stereocenters. The van der Waals surface area contributed by atoms with Crippen LogP contribution in [-0.2, 0) is 0 Å². The molecule has 0 spiro atoms. The molecule has 1 saturated heterocycles. The average molecular weight is 341 g/mol. The normalized spacial score (nSPS) is 21.4. The largest absolute Gasteiger partial charge is 0.390 e. The van der Waals surface area contributed by atoms with Gasteiger partial charge in [-0.1, -0.05) is 12.1 Å². The number of aliphatic hydroxyl groups is 2. The first-order valence-electron chi connectivity index (χ1n) is 8.06. The molecular formula is C18H19N3O2S. The van der Waals surface area contributed by atoms with Crippen LogP contribution in [0.25, 0.3) is 21.6 Å². The molecule has 0 radical (unpaired) electrons. The van der Waals surface area contributed by atoms with Gasteiger partial charge < -0.3 is 15.1 Å². The van der Waals surface area contributed by atoms with Crippen molar-refractivity contribution in [3.8, 4) is 10.7 Å². The zero-order valence-electron chi connectivity index (χ0n) is 13.4. The number of aryl methyl sites for hydroxylation is 1. The number of benzene rings is 1. The van der Waals surface area contributed by atoms with Crippen LogP contribution in [0.15, 0.2) is 36.4 Å². The molecule has 0 saturated carbocycles.